The van der Waals surface area contributed by atoms with Crippen molar-refractivity contribution in [1.29, 1.82) is 0 Å². The maximum Gasteiger partial charge on any atom is 0.193 e. The fourth-order valence-corrected chi connectivity index (χ4v) is 2.11. The van der Waals surface area contributed by atoms with Gasteiger partial charge in [-0.15, -0.1) is 0 Å². The molecular weight excluding hydrogens is 264 g/mol. The van der Waals surface area contributed by atoms with E-state index in [4.69, 9.17) is 9.15 Å². The second-order valence-electron chi connectivity index (χ2n) is 4.62. The van der Waals surface area contributed by atoms with E-state index in [0.29, 0.717) is 22.5 Å². The fourth-order valence-electron chi connectivity index (χ4n) is 2.11. The van der Waals surface area contributed by atoms with Crippen LogP contribution in [0.15, 0.2) is 63.8 Å². The Balaban J connectivity index is 2.03. The van der Waals surface area contributed by atoms with Crippen molar-refractivity contribution >= 4 is 23.1 Å². The zero-order chi connectivity index (χ0) is 14.7. The first-order chi connectivity index (χ1) is 10.3. The number of fused-ring (bicyclic) bond motifs is 1. The highest BCUT2D eigenvalue weighted by Gasteiger charge is 2.04. The average Bonchev–Trinajstić information content (AvgIpc) is 2.53. The molecule has 3 aromatic rings. The van der Waals surface area contributed by atoms with E-state index in [1.54, 1.807) is 31.4 Å². The third-order valence-corrected chi connectivity index (χ3v) is 3.20. The molecule has 0 atom stereocenters. The van der Waals surface area contributed by atoms with Crippen LogP contribution < -0.4 is 10.2 Å². The van der Waals surface area contributed by atoms with Crippen LogP contribution in [0.5, 0.6) is 5.75 Å². The number of ether oxygens (including phenoxy) is 1. The number of benzene rings is 2. The van der Waals surface area contributed by atoms with Crippen LogP contribution in [0, 0.1) is 0 Å². The van der Waals surface area contributed by atoms with Crippen LogP contribution in [0.3, 0.4) is 0 Å². The van der Waals surface area contributed by atoms with E-state index in [-0.39, 0.29) is 5.43 Å². The monoisotopic (exact) mass is 278 g/mol. The molecule has 104 valence electrons. The van der Waals surface area contributed by atoms with Crippen LogP contribution in [-0.4, -0.2) is 7.11 Å². The molecule has 0 radical (unpaired) electrons. The van der Waals surface area contributed by atoms with Crippen molar-refractivity contribution in [1.82, 2.24) is 0 Å². The Hall–Kier alpha value is -2.81. The van der Waals surface area contributed by atoms with Gasteiger partial charge in [0.05, 0.1) is 12.5 Å². The first kappa shape index (κ1) is 13.2. The Morgan fingerprint density at radius 1 is 1.00 bits per heavy atom. The predicted molar refractivity (Wildman–Crippen MR) is 84.4 cm³/mol. The largest absolute Gasteiger partial charge is 0.497 e. The number of rotatable bonds is 3. The molecule has 0 fully saturated rings. The van der Waals surface area contributed by atoms with Gasteiger partial charge >= 0.3 is 0 Å². The topological polar surface area (TPSA) is 39.4 Å². The van der Waals surface area contributed by atoms with Gasteiger partial charge in [-0.25, -0.2) is 0 Å². The van der Waals surface area contributed by atoms with Gasteiger partial charge in [0.15, 0.2) is 5.43 Å². The minimum atomic E-state index is -0.0633. The van der Waals surface area contributed by atoms with E-state index in [0.717, 1.165) is 5.56 Å². The van der Waals surface area contributed by atoms with Crippen LogP contribution in [0.25, 0.3) is 23.1 Å². The molecule has 0 N–H and O–H groups in total. The molecule has 3 nitrogen and oxygen atoms in total. The zero-order valence-corrected chi connectivity index (χ0v) is 11.6. The van der Waals surface area contributed by atoms with Gasteiger partial charge in [0, 0.05) is 12.1 Å². The van der Waals surface area contributed by atoms with E-state index >= 15 is 0 Å². The van der Waals surface area contributed by atoms with E-state index in [1.807, 2.05) is 36.4 Å². The van der Waals surface area contributed by atoms with Crippen molar-refractivity contribution in [3.63, 3.8) is 0 Å². The Labute approximate surface area is 122 Å². The molecule has 1 aromatic heterocycles. The quantitative estimate of drug-likeness (QED) is 0.727. The van der Waals surface area contributed by atoms with Gasteiger partial charge in [0.25, 0.3) is 0 Å². The highest BCUT2D eigenvalue weighted by molar-refractivity contribution is 5.79. The molecule has 0 bridgehead atoms. The maximum absolute atomic E-state index is 12.1. The van der Waals surface area contributed by atoms with Crippen molar-refractivity contribution < 1.29 is 9.15 Å². The highest BCUT2D eigenvalue weighted by atomic mass is 16.5. The molecule has 0 saturated heterocycles. The van der Waals surface area contributed by atoms with Gasteiger partial charge < -0.3 is 9.15 Å². The van der Waals surface area contributed by atoms with E-state index in [9.17, 15) is 4.79 Å². The second kappa shape index (κ2) is 5.67. The Bertz CT molecular complexity index is 845. The lowest BCUT2D eigenvalue weighted by Gasteiger charge is -2.02. The molecule has 0 unspecified atom stereocenters. The van der Waals surface area contributed by atoms with E-state index < -0.39 is 0 Å². The van der Waals surface area contributed by atoms with Crippen LogP contribution in [-0.2, 0) is 0 Å². The minimum absolute atomic E-state index is 0.0633. The molecule has 0 saturated carbocycles. The summed E-state index contributed by atoms with van der Waals surface area (Å²) in [6, 6.07) is 16.5. The maximum atomic E-state index is 12.1. The van der Waals surface area contributed by atoms with Crippen molar-refractivity contribution in [3.05, 3.63) is 76.1 Å². The third-order valence-electron chi connectivity index (χ3n) is 3.20. The summed E-state index contributed by atoms with van der Waals surface area (Å²) in [6.45, 7) is 0. The average molecular weight is 278 g/mol. The Kier molecular flexibility index (Phi) is 3.56. The number of hydrogen-bond donors (Lipinski definition) is 0. The first-order valence-corrected chi connectivity index (χ1v) is 6.61. The fraction of sp³-hybridized carbons (Fsp3) is 0.0556. The highest BCUT2D eigenvalue weighted by Crippen LogP contribution is 2.20. The van der Waals surface area contributed by atoms with Crippen molar-refractivity contribution in [2.45, 2.75) is 0 Å². The summed E-state index contributed by atoms with van der Waals surface area (Å²) < 4.78 is 10.9. The Morgan fingerprint density at radius 3 is 2.57 bits per heavy atom. The molecule has 0 amide bonds. The van der Waals surface area contributed by atoms with Crippen LogP contribution >= 0.6 is 0 Å². The molecule has 3 rings (SSSR count). The summed E-state index contributed by atoms with van der Waals surface area (Å²) in [4.78, 5) is 12.1. The van der Waals surface area contributed by atoms with Crippen LogP contribution in [0.2, 0.25) is 0 Å². The smallest absolute Gasteiger partial charge is 0.193 e. The number of hydrogen-bond acceptors (Lipinski definition) is 3. The summed E-state index contributed by atoms with van der Waals surface area (Å²) in [5.41, 5.74) is 1.51. The number of methoxy groups -OCH3 is 1. The molecule has 0 aliphatic carbocycles. The van der Waals surface area contributed by atoms with Gasteiger partial charge in [-0.05, 0) is 23.8 Å². The van der Waals surface area contributed by atoms with Gasteiger partial charge in [-0.3, -0.25) is 4.79 Å². The molecule has 21 heavy (non-hydrogen) atoms. The molecular formula is C18H14O3. The molecule has 0 aliphatic heterocycles. The molecule has 2 aromatic carbocycles. The summed E-state index contributed by atoms with van der Waals surface area (Å²) in [5.74, 6) is 1.18. The summed E-state index contributed by atoms with van der Waals surface area (Å²) in [6.07, 6.45) is 3.69. The SMILES string of the molecule is COc1ccc2c(=O)cc(/C=C/c3ccccc3)oc2c1. The standard InChI is InChI=1S/C18H14O3/c1-20-14-9-10-16-17(19)11-15(21-18(16)12-14)8-7-13-5-3-2-4-6-13/h2-12H,1H3/b8-7+. The third kappa shape index (κ3) is 2.87. The van der Waals surface area contributed by atoms with Gasteiger partial charge in [0.1, 0.15) is 17.1 Å². The zero-order valence-electron chi connectivity index (χ0n) is 11.6. The van der Waals surface area contributed by atoms with E-state index in [1.165, 1.54) is 6.07 Å². The second-order valence-corrected chi connectivity index (χ2v) is 4.62. The summed E-state index contributed by atoms with van der Waals surface area (Å²) in [5, 5.41) is 0.549. The van der Waals surface area contributed by atoms with Crippen molar-refractivity contribution in [3.8, 4) is 5.75 Å². The van der Waals surface area contributed by atoms with Crippen molar-refractivity contribution in [2.75, 3.05) is 7.11 Å². The lowest BCUT2D eigenvalue weighted by Crippen LogP contribution is -2.00. The van der Waals surface area contributed by atoms with Gasteiger partial charge in [-0.1, -0.05) is 36.4 Å². The summed E-state index contributed by atoms with van der Waals surface area (Å²) >= 11 is 0. The molecule has 3 heteroatoms. The van der Waals surface area contributed by atoms with Crippen LogP contribution in [0.4, 0.5) is 0 Å². The van der Waals surface area contributed by atoms with E-state index in [2.05, 4.69) is 0 Å². The van der Waals surface area contributed by atoms with Gasteiger partial charge in [-0.2, -0.15) is 0 Å². The molecule has 0 aliphatic rings. The van der Waals surface area contributed by atoms with Crippen molar-refractivity contribution in [2.24, 2.45) is 0 Å². The first-order valence-electron chi connectivity index (χ1n) is 6.61. The minimum Gasteiger partial charge on any atom is -0.497 e. The lowest BCUT2D eigenvalue weighted by molar-refractivity contribution is 0.414. The normalized spacial score (nSPS) is 11.1. The predicted octanol–water partition coefficient (Wildman–Crippen LogP) is 3.97. The van der Waals surface area contributed by atoms with Crippen LogP contribution in [0.1, 0.15) is 11.3 Å². The van der Waals surface area contributed by atoms with Gasteiger partial charge in [0.2, 0.25) is 0 Å². The molecule has 1 heterocycles. The lowest BCUT2D eigenvalue weighted by atomic mass is 10.2. The summed E-state index contributed by atoms with van der Waals surface area (Å²) in [7, 11) is 1.58. The Morgan fingerprint density at radius 2 is 1.81 bits per heavy atom. The molecule has 0 spiro atoms.